The van der Waals surface area contributed by atoms with Crippen LogP contribution >= 0.6 is 0 Å². The minimum atomic E-state index is 0. The largest absolute Gasteiger partial charge is 1.00 e. The van der Waals surface area contributed by atoms with Crippen molar-refractivity contribution in [3.8, 4) is 5.75 Å². The Labute approximate surface area is 165 Å². The summed E-state index contributed by atoms with van der Waals surface area (Å²) in [7, 11) is 0. The number of rotatable bonds is 3. The van der Waals surface area contributed by atoms with Gasteiger partial charge < -0.3 is 21.7 Å². The molecule has 0 radical (unpaired) electrons. The maximum Gasteiger partial charge on any atom is 0.254 e. The minimum Gasteiger partial charge on any atom is -1.00 e. The third-order valence-corrected chi connectivity index (χ3v) is 5.73. The van der Waals surface area contributed by atoms with Crippen molar-refractivity contribution in [3.63, 3.8) is 0 Å². The van der Waals surface area contributed by atoms with Gasteiger partial charge in [0, 0.05) is 18.9 Å². The normalized spacial score (nSPS) is 17.3. The molecule has 1 aliphatic carbocycles. The van der Waals surface area contributed by atoms with Crippen LogP contribution in [0.4, 0.5) is 0 Å². The Bertz CT molecular complexity index is 933. The van der Waals surface area contributed by atoms with Crippen LogP contribution in [0, 0.1) is 6.92 Å². The number of aromatic nitrogens is 2. The van der Waals surface area contributed by atoms with E-state index in [0.717, 1.165) is 25.3 Å². The number of fused-ring (bicyclic) bond motifs is 2. The number of ether oxygens (including phenoxy) is 1. The standard InChI is InChI=1S/C22H23N2O.BrH/c1-16-23(15-17-5-3-2-4-6-17)10-11-24(16)21-8-7-18-13-19-9-12-25-22(19)14-20(18)21;/h2-6,10-11,13-14,21H,7-9,12,15H2,1H3;1H/q+1;/p-1. The van der Waals surface area contributed by atoms with Crippen LogP contribution in [0.15, 0.2) is 54.9 Å². The lowest BCUT2D eigenvalue weighted by atomic mass is 10.0. The number of nitrogens with zero attached hydrogens (tertiary/aromatic N) is 2. The molecular formula is C22H23BrN2O. The fourth-order valence-corrected chi connectivity index (χ4v) is 4.35. The van der Waals surface area contributed by atoms with Crippen molar-refractivity contribution in [2.45, 2.75) is 38.8 Å². The highest BCUT2D eigenvalue weighted by Crippen LogP contribution is 2.40. The molecule has 0 bridgehead atoms. The number of hydrogen-bond donors (Lipinski definition) is 0. The summed E-state index contributed by atoms with van der Waals surface area (Å²) in [5.74, 6) is 2.41. The maximum atomic E-state index is 5.81. The van der Waals surface area contributed by atoms with E-state index in [1.807, 2.05) is 0 Å². The van der Waals surface area contributed by atoms with Gasteiger partial charge in [0.25, 0.3) is 5.82 Å². The number of hydrogen-bond acceptors (Lipinski definition) is 1. The summed E-state index contributed by atoms with van der Waals surface area (Å²) in [6.07, 6.45) is 7.87. The predicted molar refractivity (Wildman–Crippen MR) is 97.0 cm³/mol. The summed E-state index contributed by atoms with van der Waals surface area (Å²) in [6.45, 7) is 3.99. The second kappa shape index (κ2) is 6.92. The van der Waals surface area contributed by atoms with Gasteiger partial charge >= 0.3 is 0 Å². The zero-order valence-corrected chi connectivity index (χ0v) is 16.6. The Morgan fingerprint density at radius 1 is 1.12 bits per heavy atom. The molecule has 0 amide bonds. The topological polar surface area (TPSA) is 18.0 Å². The van der Waals surface area contributed by atoms with E-state index in [4.69, 9.17) is 4.74 Å². The Morgan fingerprint density at radius 2 is 1.96 bits per heavy atom. The van der Waals surface area contributed by atoms with Crippen LogP contribution in [0.3, 0.4) is 0 Å². The van der Waals surface area contributed by atoms with Gasteiger partial charge in [0.05, 0.1) is 6.61 Å². The SMILES string of the molecule is Cc1n(C2CCc3cc4c(cc32)OCC4)cc[n+]1Cc1ccccc1.[Br-]. The molecule has 0 fully saturated rings. The van der Waals surface area contributed by atoms with Gasteiger partial charge in [-0.15, -0.1) is 0 Å². The summed E-state index contributed by atoms with van der Waals surface area (Å²) < 4.78 is 10.6. The molecule has 4 heteroatoms. The smallest absolute Gasteiger partial charge is 0.254 e. The first kappa shape index (κ1) is 17.3. The van der Waals surface area contributed by atoms with Crippen LogP contribution in [-0.2, 0) is 19.4 Å². The zero-order chi connectivity index (χ0) is 16.8. The van der Waals surface area contributed by atoms with Gasteiger partial charge in [0.2, 0.25) is 0 Å². The summed E-state index contributed by atoms with van der Waals surface area (Å²) in [5.41, 5.74) is 5.69. The highest BCUT2D eigenvalue weighted by molar-refractivity contribution is 5.48. The fourth-order valence-electron chi connectivity index (χ4n) is 4.35. The molecule has 1 atom stereocenters. The van der Waals surface area contributed by atoms with Gasteiger partial charge in [0.15, 0.2) is 0 Å². The van der Waals surface area contributed by atoms with Crippen molar-refractivity contribution in [2.24, 2.45) is 0 Å². The third-order valence-electron chi connectivity index (χ3n) is 5.73. The van der Waals surface area contributed by atoms with Crippen LogP contribution in [0.25, 0.3) is 0 Å². The summed E-state index contributed by atoms with van der Waals surface area (Å²) in [6, 6.07) is 15.8. The van der Waals surface area contributed by atoms with Gasteiger partial charge in [-0.05, 0) is 35.6 Å². The van der Waals surface area contributed by atoms with E-state index in [2.05, 4.69) is 70.9 Å². The molecule has 0 saturated carbocycles. The molecule has 5 rings (SSSR count). The highest BCUT2D eigenvalue weighted by Gasteiger charge is 2.32. The van der Waals surface area contributed by atoms with Gasteiger partial charge in [-0.2, -0.15) is 0 Å². The monoisotopic (exact) mass is 410 g/mol. The molecular weight excluding hydrogens is 388 g/mol. The van der Waals surface area contributed by atoms with Crippen LogP contribution in [-0.4, -0.2) is 11.2 Å². The number of halogens is 1. The third kappa shape index (κ3) is 2.86. The number of benzene rings is 2. The molecule has 2 aliphatic rings. The Balaban J connectivity index is 0.00000168. The first-order valence-corrected chi connectivity index (χ1v) is 9.19. The predicted octanol–water partition coefficient (Wildman–Crippen LogP) is 0.607. The maximum absolute atomic E-state index is 5.81. The molecule has 0 spiro atoms. The molecule has 1 aromatic heterocycles. The second-order valence-electron chi connectivity index (χ2n) is 7.18. The van der Waals surface area contributed by atoms with E-state index < -0.39 is 0 Å². The summed E-state index contributed by atoms with van der Waals surface area (Å²) >= 11 is 0. The van der Waals surface area contributed by atoms with Crippen LogP contribution < -0.4 is 26.3 Å². The Morgan fingerprint density at radius 3 is 2.81 bits per heavy atom. The van der Waals surface area contributed by atoms with Crippen molar-refractivity contribution < 1.29 is 26.3 Å². The van der Waals surface area contributed by atoms with Crippen molar-refractivity contribution in [2.75, 3.05) is 6.61 Å². The van der Waals surface area contributed by atoms with E-state index in [0.29, 0.717) is 6.04 Å². The average molecular weight is 411 g/mol. The van der Waals surface area contributed by atoms with E-state index in [9.17, 15) is 0 Å². The summed E-state index contributed by atoms with van der Waals surface area (Å²) in [4.78, 5) is 0. The molecule has 3 nitrogen and oxygen atoms in total. The van der Waals surface area contributed by atoms with Crippen LogP contribution in [0.2, 0.25) is 0 Å². The molecule has 0 saturated heterocycles. The second-order valence-corrected chi connectivity index (χ2v) is 7.18. The van der Waals surface area contributed by atoms with Gasteiger partial charge in [-0.3, -0.25) is 0 Å². The van der Waals surface area contributed by atoms with Gasteiger partial charge in [-0.25, -0.2) is 9.13 Å². The van der Waals surface area contributed by atoms with Crippen LogP contribution in [0.5, 0.6) is 5.75 Å². The summed E-state index contributed by atoms with van der Waals surface area (Å²) in [5, 5.41) is 0. The lowest BCUT2D eigenvalue weighted by Crippen LogP contribution is -3.00. The van der Waals surface area contributed by atoms with Crippen molar-refractivity contribution >= 4 is 0 Å². The molecule has 2 aromatic carbocycles. The number of imidazole rings is 1. The van der Waals surface area contributed by atoms with Gasteiger partial charge in [0.1, 0.15) is 30.7 Å². The molecule has 3 aromatic rings. The van der Waals surface area contributed by atoms with Crippen molar-refractivity contribution in [1.82, 2.24) is 4.57 Å². The van der Waals surface area contributed by atoms with E-state index in [1.165, 1.54) is 40.9 Å². The lowest BCUT2D eigenvalue weighted by molar-refractivity contribution is -0.694. The molecule has 1 unspecified atom stereocenters. The molecule has 1 aliphatic heterocycles. The van der Waals surface area contributed by atoms with E-state index in [-0.39, 0.29) is 17.0 Å². The first-order valence-electron chi connectivity index (χ1n) is 9.19. The Hall–Kier alpha value is -2.07. The quantitative estimate of drug-likeness (QED) is 0.578. The molecule has 0 N–H and O–H groups in total. The first-order chi connectivity index (χ1) is 12.3. The Kier molecular flexibility index (Phi) is 4.62. The van der Waals surface area contributed by atoms with Crippen LogP contribution in [0.1, 0.15) is 40.5 Å². The molecule has 134 valence electrons. The van der Waals surface area contributed by atoms with Crippen molar-refractivity contribution in [3.05, 3.63) is 82.9 Å². The van der Waals surface area contributed by atoms with Gasteiger partial charge in [-0.1, -0.05) is 36.4 Å². The molecule has 2 heterocycles. The van der Waals surface area contributed by atoms with Crippen molar-refractivity contribution in [1.29, 1.82) is 0 Å². The van der Waals surface area contributed by atoms with E-state index >= 15 is 0 Å². The fraction of sp³-hybridized carbons (Fsp3) is 0.318. The van der Waals surface area contributed by atoms with E-state index in [1.54, 1.807) is 0 Å². The minimum absolute atomic E-state index is 0. The molecule has 26 heavy (non-hydrogen) atoms. The number of aryl methyl sites for hydroxylation is 1. The average Bonchev–Trinajstić information content (AvgIpc) is 3.33. The zero-order valence-electron chi connectivity index (χ0n) is 15.0. The lowest BCUT2D eigenvalue weighted by Gasteiger charge is -2.11. The highest BCUT2D eigenvalue weighted by atomic mass is 79.9.